The van der Waals surface area contributed by atoms with Crippen LogP contribution in [0.2, 0.25) is 0 Å². The largest absolute Gasteiger partial charge is 0.493 e. The Bertz CT molecular complexity index is 1040. The van der Waals surface area contributed by atoms with Gasteiger partial charge in [-0.25, -0.2) is 0 Å². The van der Waals surface area contributed by atoms with Gasteiger partial charge in [0.1, 0.15) is 0 Å². The highest BCUT2D eigenvalue weighted by molar-refractivity contribution is 5.83. The van der Waals surface area contributed by atoms with Crippen molar-refractivity contribution in [3.63, 3.8) is 0 Å². The second kappa shape index (κ2) is 9.11. The number of fused-ring (bicyclic) bond motifs is 2. The van der Waals surface area contributed by atoms with E-state index in [9.17, 15) is 0 Å². The van der Waals surface area contributed by atoms with Crippen molar-refractivity contribution in [2.24, 2.45) is 4.99 Å². The normalized spacial score (nSPS) is 14.0. The fourth-order valence-electron chi connectivity index (χ4n) is 4.21. The maximum absolute atomic E-state index is 5.48. The second-order valence-electron chi connectivity index (χ2n) is 7.58. The number of aromatic nitrogens is 1. The number of rotatable bonds is 6. The van der Waals surface area contributed by atoms with Crippen molar-refractivity contribution in [2.75, 3.05) is 34.4 Å². The summed E-state index contributed by atoms with van der Waals surface area (Å²) in [6, 6.07) is 12.7. The second-order valence-corrected chi connectivity index (χ2v) is 7.58. The highest BCUT2D eigenvalue weighted by Gasteiger charge is 2.21. The number of aryl methyl sites for hydroxylation is 1. The van der Waals surface area contributed by atoms with Crippen LogP contribution in [0.3, 0.4) is 0 Å². The van der Waals surface area contributed by atoms with E-state index in [2.05, 4.69) is 62.8 Å². The molecule has 6 heteroatoms. The molecule has 0 fully saturated rings. The molecule has 6 nitrogen and oxygen atoms in total. The van der Waals surface area contributed by atoms with Gasteiger partial charge in [-0.2, -0.15) is 0 Å². The molecular weight excluding hydrogens is 376 g/mol. The molecule has 30 heavy (non-hydrogen) atoms. The molecular formula is C24H30N4O2. The maximum atomic E-state index is 5.48. The van der Waals surface area contributed by atoms with E-state index in [0.29, 0.717) is 0 Å². The van der Waals surface area contributed by atoms with E-state index in [1.54, 1.807) is 14.2 Å². The molecule has 0 bridgehead atoms. The van der Waals surface area contributed by atoms with Crippen LogP contribution in [0.15, 0.2) is 47.6 Å². The summed E-state index contributed by atoms with van der Waals surface area (Å²) in [5.41, 5.74) is 5.16. The van der Waals surface area contributed by atoms with Gasteiger partial charge in [0.05, 0.1) is 14.2 Å². The van der Waals surface area contributed by atoms with Gasteiger partial charge in [0, 0.05) is 43.8 Å². The van der Waals surface area contributed by atoms with Crippen molar-refractivity contribution in [1.82, 2.24) is 15.2 Å². The van der Waals surface area contributed by atoms with E-state index in [1.165, 1.54) is 27.6 Å². The van der Waals surface area contributed by atoms with E-state index < -0.39 is 0 Å². The maximum Gasteiger partial charge on any atom is 0.193 e. The number of aromatic amines is 1. The van der Waals surface area contributed by atoms with Crippen LogP contribution in [0.4, 0.5) is 0 Å². The number of benzene rings is 2. The first kappa shape index (κ1) is 20.1. The van der Waals surface area contributed by atoms with Crippen molar-refractivity contribution in [3.8, 4) is 11.5 Å². The molecule has 1 aromatic heterocycles. The monoisotopic (exact) mass is 406 g/mol. The molecule has 0 saturated carbocycles. The third-order valence-electron chi connectivity index (χ3n) is 5.81. The van der Waals surface area contributed by atoms with Gasteiger partial charge in [-0.15, -0.1) is 0 Å². The van der Waals surface area contributed by atoms with Gasteiger partial charge < -0.3 is 24.7 Å². The topological polar surface area (TPSA) is 61.9 Å². The number of ether oxygens (including phenoxy) is 2. The number of para-hydroxylation sites is 1. The quantitative estimate of drug-likeness (QED) is 0.372. The van der Waals surface area contributed by atoms with E-state index in [-0.39, 0.29) is 0 Å². The first-order valence-electron chi connectivity index (χ1n) is 10.5. The summed E-state index contributed by atoms with van der Waals surface area (Å²) in [4.78, 5) is 10.2. The van der Waals surface area contributed by atoms with E-state index in [4.69, 9.17) is 9.47 Å². The smallest absolute Gasteiger partial charge is 0.193 e. The fourth-order valence-corrected chi connectivity index (χ4v) is 4.21. The Labute approximate surface area is 177 Å². The molecule has 2 heterocycles. The van der Waals surface area contributed by atoms with Crippen LogP contribution in [0.5, 0.6) is 11.5 Å². The highest BCUT2D eigenvalue weighted by Crippen LogP contribution is 2.33. The average Bonchev–Trinajstić information content (AvgIpc) is 3.21. The van der Waals surface area contributed by atoms with Crippen LogP contribution in [0.25, 0.3) is 10.9 Å². The van der Waals surface area contributed by atoms with Crippen LogP contribution in [0.1, 0.15) is 23.1 Å². The molecule has 0 spiro atoms. The van der Waals surface area contributed by atoms with Gasteiger partial charge in [-0.05, 0) is 54.2 Å². The molecule has 3 aromatic rings. The summed E-state index contributed by atoms with van der Waals surface area (Å²) < 4.78 is 10.9. The molecule has 0 unspecified atom stereocenters. The predicted octanol–water partition coefficient (Wildman–Crippen LogP) is 3.75. The Morgan fingerprint density at radius 1 is 1.13 bits per heavy atom. The van der Waals surface area contributed by atoms with Crippen LogP contribution >= 0.6 is 0 Å². The zero-order valence-electron chi connectivity index (χ0n) is 18.0. The van der Waals surface area contributed by atoms with Crippen molar-refractivity contribution in [2.45, 2.75) is 25.8 Å². The predicted molar refractivity (Wildman–Crippen MR) is 122 cm³/mol. The Balaban J connectivity index is 1.35. The molecule has 2 aromatic carbocycles. The van der Waals surface area contributed by atoms with Crippen molar-refractivity contribution in [1.29, 1.82) is 0 Å². The lowest BCUT2D eigenvalue weighted by atomic mass is 9.99. The third-order valence-corrected chi connectivity index (χ3v) is 5.81. The summed E-state index contributed by atoms with van der Waals surface area (Å²) in [5, 5.41) is 4.86. The van der Waals surface area contributed by atoms with Crippen LogP contribution < -0.4 is 14.8 Å². The van der Waals surface area contributed by atoms with Gasteiger partial charge in [-0.1, -0.05) is 18.2 Å². The molecule has 2 N–H and O–H groups in total. The number of aliphatic imine (C=N–C) groups is 1. The van der Waals surface area contributed by atoms with Gasteiger partial charge in [0.25, 0.3) is 0 Å². The first-order valence-corrected chi connectivity index (χ1v) is 10.5. The molecule has 0 amide bonds. The lowest BCUT2D eigenvalue weighted by Crippen LogP contribution is -2.44. The molecule has 1 aliphatic rings. The van der Waals surface area contributed by atoms with Crippen molar-refractivity contribution < 1.29 is 9.47 Å². The zero-order valence-corrected chi connectivity index (χ0v) is 18.0. The van der Waals surface area contributed by atoms with Gasteiger partial charge >= 0.3 is 0 Å². The Morgan fingerprint density at radius 3 is 2.67 bits per heavy atom. The molecule has 0 saturated heterocycles. The van der Waals surface area contributed by atoms with Crippen LogP contribution in [-0.2, 0) is 19.4 Å². The third kappa shape index (κ3) is 4.08. The summed E-state index contributed by atoms with van der Waals surface area (Å²) >= 11 is 0. The minimum Gasteiger partial charge on any atom is -0.493 e. The lowest BCUT2D eigenvalue weighted by Gasteiger charge is -2.32. The lowest BCUT2D eigenvalue weighted by molar-refractivity contribution is 0.346. The minimum absolute atomic E-state index is 0.778. The molecule has 0 atom stereocenters. The molecule has 0 radical (unpaired) electrons. The van der Waals surface area contributed by atoms with Gasteiger partial charge in [0.15, 0.2) is 17.5 Å². The molecule has 1 aliphatic heterocycles. The number of hydrogen-bond acceptors (Lipinski definition) is 3. The number of methoxy groups -OCH3 is 2. The Kier molecular flexibility index (Phi) is 6.12. The molecule has 158 valence electrons. The number of nitrogens with one attached hydrogen (secondary N) is 2. The van der Waals surface area contributed by atoms with E-state index in [1.807, 2.05) is 7.05 Å². The zero-order chi connectivity index (χ0) is 20.9. The van der Waals surface area contributed by atoms with E-state index >= 15 is 0 Å². The SMILES string of the molecule is CN=C(NCCCc1c[nH]c2ccccc12)N1CCc2cc(OC)c(OC)cc2C1. The summed E-state index contributed by atoms with van der Waals surface area (Å²) in [6.07, 6.45) is 5.18. The average molecular weight is 407 g/mol. The number of hydrogen-bond donors (Lipinski definition) is 2. The number of guanidine groups is 1. The van der Waals surface area contributed by atoms with Gasteiger partial charge in [0.2, 0.25) is 0 Å². The summed E-state index contributed by atoms with van der Waals surface area (Å²) in [6.45, 7) is 2.64. The standard InChI is InChI=1S/C24H30N4O2/c1-25-24(26-11-6-7-18-15-27-21-9-5-4-8-20(18)21)28-12-10-17-13-22(29-2)23(30-3)14-19(17)16-28/h4-5,8-9,13-15,27H,6-7,10-12,16H2,1-3H3,(H,25,26). The minimum atomic E-state index is 0.778. The highest BCUT2D eigenvalue weighted by atomic mass is 16.5. The van der Waals surface area contributed by atoms with Gasteiger partial charge in [-0.3, -0.25) is 4.99 Å². The fraction of sp³-hybridized carbons (Fsp3) is 0.375. The Hall–Kier alpha value is -3.15. The first-order chi connectivity index (χ1) is 14.7. The summed E-state index contributed by atoms with van der Waals surface area (Å²) in [5.74, 6) is 2.53. The van der Waals surface area contributed by atoms with Crippen LogP contribution in [-0.4, -0.2) is 50.2 Å². The van der Waals surface area contributed by atoms with Crippen LogP contribution in [0, 0.1) is 0 Å². The Morgan fingerprint density at radius 2 is 1.90 bits per heavy atom. The van der Waals surface area contributed by atoms with Crippen molar-refractivity contribution >= 4 is 16.9 Å². The van der Waals surface area contributed by atoms with E-state index in [0.717, 1.165) is 56.4 Å². The number of H-pyrrole nitrogens is 1. The molecule has 0 aliphatic carbocycles. The molecule has 4 rings (SSSR count). The number of nitrogens with zero attached hydrogens (tertiary/aromatic N) is 2. The summed E-state index contributed by atoms with van der Waals surface area (Å²) in [7, 11) is 5.21. The van der Waals surface area contributed by atoms with Crippen molar-refractivity contribution in [3.05, 3.63) is 59.3 Å².